The van der Waals surface area contributed by atoms with Crippen molar-refractivity contribution in [3.8, 4) is 0 Å². The van der Waals surface area contributed by atoms with E-state index in [1.165, 1.54) is 0 Å². The number of primary amides is 1. The predicted octanol–water partition coefficient (Wildman–Crippen LogP) is 0.107. The van der Waals surface area contributed by atoms with Crippen molar-refractivity contribution in [1.82, 2.24) is 5.32 Å². The first kappa shape index (κ1) is 14.7. The number of amides is 2. The van der Waals surface area contributed by atoms with Crippen molar-refractivity contribution in [3.63, 3.8) is 0 Å². The number of carbonyl (C=O) groups is 2. The SMILES string of the molecule is NCCCCCCC(=O)NCCOC(N)=O. The summed E-state index contributed by atoms with van der Waals surface area (Å²) < 4.78 is 4.46. The van der Waals surface area contributed by atoms with Gasteiger partial charge in [-0.3, -0.25) is 4.79 Å². The lowest BCUT2D eigenvalue weighted by Crippen LogP contribution is -2.28. The quantitative estimate of drug-likeness (QED) is 0.489. The van der Waals surface area contributed by atoms with Gasteiger partial charge in [0.1, 0.15) is 6.61 Å². The van der Waals surface area contributed by atoms with Crippen LogP contribution in [0.4, 0.5) is 4.79 Å². The van der Waals surface area contributed by atoms with Crippen LogP contribution in [-0.4, -0.2) is 31.7 Å². The summed E-state index contributed by atoms with van der Waals surface area (Å²) >= 11 is 0. The average Bonchev–Trinajstić information content (AvgIpc) is 2.24. The van der Waals surface area contributed by atoms with Crippen LogP contribution in [-0.2, 0) is 9.53 Å². The van der Waals surface area contributed by atoms with Gasteiger partial charge in [0, 0.05) is 6.42 Å². The second kappa shape index (κ2) is 10.2. The van der Waals surface area contributed by atoms with Crippen molar-refractivity contribution >= 4 is 12.0 Å². The summed E-state index contributed by atoms with van der Waals surface area (Å²) in [6.07, 6.45) is 3.63. The van der Waals surface area contributed by atoms with Crippen molar-refractivity contribution in [3.05, 3.63) is 0 Å². The molecular weight excluding hydrogens is 210 g/mol. The maximum absolute atomic E-state index is 11.2. The van der Waals surface area contributed by atoms with Crippen LogP contribution in [0.25, 0.3) is 0 Å². The minimum atomic E-state index is -0.823. The minimum Gasteiger partial charge on any atom is -0.448 e. The van der Waals surface area contributed by atoms with E-state index in [1.54, 1.807) is 0 Å². The van der Waals surface area contributed by atoms with Gasteiger partial charge in [-0.15, -0.1) is 0 Å². The first-order valence-corrected chi connectivity index (χ1v) is 5.56. The molecule has 0 rings (SSSR count). The fourth-order valence-electron chi connectivity index (χ4n) is 1.21. The molecule has 0 bridgehead atoms. The zero-order valence-electron chi connectivity index (χ0n) is 9.54. The first-order chi connectivity index (χ1) is 7.66. The zero-order chi connectivity index (χ0) is 12.2. The molecule has 0 aromatic heterocycles. The average molecular weight is 231 g/mol. The van der Waals surface area contributed by atoms with Gasteiger partial charge in [-0.25, -0.2) is 4.79 Å². The number of nitrogens with two attached hydrogens (primary N) is 2. The molecule has 6 heteroatoms. The third-order valence-electron chi connectivity index (χ3n) is 2.03. The van der Waals surface area contributed by atoms with Gasteiger partial charge in [-0.2, -0.15) is 0 Å². The Labute approximate surface area is 95.7 Å². The first-order valence-electron chi connectivity index (χ1n) is 5.56. The molecule has 0 spiro atoms. The molecule has 6 nitrogen and oxygen atoms in total. The number of rotatable bonds is 9. The maximum atomic E-state index is 11.2. The van der Waals surface area contributed by atoms with Crippen LogP contribution < -0.4 is 16.8 Å². The molecule has 0 fully saturated rings. The fourth-order valence-corrected chi connectivity index (χ4v) is 1.21. The van der Waals surface area contributed by atoms with Crippen LogP contribution >= 0.6 is 0 Å². The molecule has 16 heavy (non-hydrogen) atoms. The van der Waals surface area contributed by atoms with Gasteiger partial charge in [0.15, 0.2) is 0 Å². The summed E-state index contributed by atoms with van der Waals surface area (Å²) in [4.78, 5) is 21.4. The molecule has 0 aromatic rings. The van der Waals surface area contributed by atoms with Crippen molar-refractivity contribution < 1.29 is 14.3 Å². The molecule has 0 heterocycles. The van der Waals surface area contributed by atoms with Gasteiger partial charge in [0.25, 0.3) is 0 Å². The third-order valence-corrected chi connectivity index (χ3v) is 2.03. The van der Waals surface area contributed by atoms with E-state index < -0.39 is 6.09 Å². The molecule has 0 saturated carbocycles. The highest BCUT2D eigenvalue weighted by Crippen LogP contribution is 2.01. The van der Waals surface area contributed by atoms with Crippen molar-refractivity contribution in [2.45, 2.75) is 32.1 Å². The molecule has 0 aliphatic carbocycles. The summed E-state index contributed by atoms with van der Waals surface area (Å²) in [7, 11) is 0. The van der Waals surface area contributed by atoms with Crippen molar-refractivity contribution in [1.29, 1.82) is 0 Å². The number of carbonyl (C=O) groups excluding carboxylic acids is 2. The lowest BCUT2D eigenvalue weighted by Gasteiger charge is -2.04. The largest absolute Gasteiger partial charge is 0.448 e. The van der Waals surface area contributed by atoms with E-state index in [1.807, 2.05) is 0 Å². The molecule has 0 aliphatic heterocycles. The van der Waals surface area contributed by atoms with Crippen LogP contribution in [0.1, 0.15) is 32.1 Å². The number of unbranched alkanes of at least 4 members (excludes halogenated alkanes) is 3. The monoisotopic (exact) mass is 231 g/mol. The summed E-state index contributed by atoms with van der Waals surface area (Å²) in [6, 6.07) is 0. The Morgan fingerprint density at radius 2 is 1.81 bits per heavy atom. The number of hydrogen-bond acceptors (Lipinski definition) is 4. The minimum absolute atomic E-state index is 0.0270. The second-order valence-electron chi connectivity index (χ2n) is 3.47. The van der Waals surface area contributed by atoms with E-state index in [-0.39, 0.29) is 12.5 Å². The number of ether oxygens (including phenoxy) is 1. The molecule has 94 valence electrons. The van der Waals surface area contributed by atoms with Gasteiger partial charge >= 0.3 is 6.09 Å². The predicted molar refractivity (Wildman–Crippen MR) is 60.7 cm³/mol. The van der Waals surface area contributed by atoms with Gasteiger partial charge in [0.05, 0.1) is 6.54 Å². The van der Waals surface area contributed by atoms with E-state index in [0.717, 1.165) is 25.7 Å². The highest BCUT2D eigenvalue weighted by molar-refractivity contribution is 5.75. The number of nitrogens with one attached hydrogen (secondary N) is 1. The van der Waals surface area contributed by atoms with Crippen LogP contribution in [0.15, 0.2) is 0 Å². The van der Waals surface area contributed by atoms with Crippen molar-refractivity contribution in [2.24, 2.45) is 11.5 Å². The summed E-state index contributed by atoms with van der Waals surface area (Å²) in [5, 5.41) is 2.63. The van der Waals surface area contributed by atoms with E-state index in [0.29, 0.717) is 19.5 Å². The number of hydrogen-bond donors (Lipinski definition) is 3. The van der Waals surface area contributed by atoms with Crippen molar-refractivity contribution in [2.75, 3.05) is 19.7 Å². The van der Waals surface area contributed by atoms with E-state index in [9.17, 15) is 9.59 Å². The fraction of sp³-hybridized carbons (Fsp3) is 0.800. The van der Waals surface area contributed by atoms with Gasteiger partial charge in [-0.1, -0.05) is 12.8 Å². The molecule has 0 unspecified atom stereocenters. The molecule has 2 amide bonds. The Morgan fingerprint density at radius 3 is 2.44 bits per heavy atom. The normalized spacial score (nSPS) is 9.81. The van der Waals surface area contributed by atoms with Crippen LogP contribution in [0.2, 0.25) is 0 Å². The van der Waals surface area contributed by atoms with Crippen LogP contribution in [0, 0.1) is 0 Å². The molecule has 0 atom stereocenters. The summed E-state index contributed by atoms with van der Waals surface area (Å²) in [6.45, 7) is 1.13. The standard InChI is InChI=1S/C10H21N3O3/c11-6-4-2-1-3-5-9(14)13-7-8-16-10(12)15/h1-8,11H2,(H2,12,15)(H,13,14). The molecule has 5 N–H and O–H groups in total. The highest BCUT2D eigenvalue weighted by atomic mass is 16.5. The second-order valence-corrected chi connectivity index (χ2v) is 3.47. The molecule has 0 radical (unpaired) electrons. The summed E-state index contributed by atoms with van der Waals surface area (Å²) in [5.74, 6) is -0.0270. The lowest BCUT2D eigenvalue weighted by molar-refractivity contribution is -0.121. The molecule has 0 aromatic carbocycles. The Kier molecular flexibility index (Phi) is 9.39. The van der Waals surface area contributed by atoms with Gasteiger partial charge in [0.2, 0.25) is 5.91 Å². The Hall–Kier alpha value is -1.30. The van der Waals surface area contributed by atoms with E-state index >= 15 is 0 Å². The Balaban J connectivity index is 3.21. The topological polar surface area (TPSA) is 107 Å². The zero-order valence-corrected chi connectivity index (χ0v) is 9.54. The summed E-state index contributed by atoms with van der Waals surface area (Å²) in [5.41, 5.74) is 10.1. The highest BCUT2D eigenvalue weighted by Gasteiger charge is 2.00. The van der Waals surface area contributed by atoms with Gasteiger partial charge in [-0.05, 0) is 19.4 Å². The Morgan fingerprint density at radius 1 is 1.12 bits per heavy atom. The maximum Gasteiger partial charge on any atom is 0.404 e. The van der Waals surface area contributed by atoms with E-state index in [4.69, 9.17) is 11.5 Å². The smallest absolute Gasteiger partial charge is 0.404 e. The van der Waals surface area contributed by atoms with Crippen LogP contribution in [0.3, 0.4) is 0 Å². The third kappa shape index (κ3) is 10.8. The lowest BCUT2D eigenvalue weighted by atomic mass is 10.1. The molecule has 0 aliphatic rings. The van der Waals surface area contributed by atoms with Gasteiger partial charge < -0.3 is 21.5 Å². The Bertz CT molecular complexity index is 209. The van der Waals surface area contributed by atoms with E-state index in [2.05, 4.69) is 10.1 Å². The molecular formula is C10H21N3O3. The molecule has 0 saturated heterocycles. The van der Waals surface area contributed by atoms with Crippen LogP contribution in [0.5, 0.6) is 0 Å².